The molecule has 0 aliphatic carbocycles. The molecule has 0 bridgehead atoms. The van der Waals surface area contributed by atoms with Gasteiger partial charge in [0.05, 0.1) is 0 Å². The van der Waals surface area contributed by atoms with Crippen molar-refractivity contribution in [3.05, 3.63) is 18.7 Å². The van der Waals surface area contributed by atoms with Crippen molar-refractivity contribution in [2.75, 3.05) is 6.61 Å². The summed E-state index contributed by atoms with van der Waals surface area (Å²) in [6.07, 6.45) is -1.75. The molecule has 0 atom stereocenters. The van der Waals surface area contributed by atoms with Gasteiger partial charge in [-0.15, -0.1) is 4.57 Å². The molecule has 0 radical (unpaired) electrons. The Morgan fingerprint density at radius 2 is 2.14 bits per heavy atom. The van der Waals surface area contributed by atoms with Gasteiger partial charge in [0.2, 0.25) is 0 Å². The molecule has 1 rings (SSSR count). The molecule has 1 heterocycles. The smallest absolute Gasteiger partial charge is 0.511 e. The van der Waals surface area contributed by atoms with E-state index < -0.39 is 18.9 Å². The number of carbonyl (C=O) groups is 1. The molecule has 0 amide bonds. The summed E-state index contributed by atoms with van der Waals surface area (Å²) in [6.45, 7) is -1.58. The van der Waals surface area contributed by atoms with Crippen LogP contribution in [0.4, 0.5) is 18.0 Å². The number of ether oxygens (including phenoxy) is 1. The average molecular weight is 322 g/mol. The van der Waals surface area contributed by atoms with E-state index in [-0.39, 0.29) is 24.0 Å². The van der Waals surface area contributed by atoms with Gasteiger partial charge in [0.25, 0.3) is 6.33 Å². The number of rotatable bonds is 1. The Morgan fingerprint density at radius 3 is 2.57 bits per heavy atom. The molecule has 0 aromatic carbocycles. The van der Waals surface area contributed by atoms with Crippen molar-refractivity contribution in [1.29, 1.82) is 0 Å². The normalized spacial score (nSPS) is 10.5. The second-order valence-electron chi connectivity index (χ2n) is 2.19. The largest absolute Gasteiger partial charge is 1.00 e. The maximum Gasteiger partial charge on any atom is 0.511 e. The fraction of sp³-hybridized carbons (Fsp3) is 0.333. The van der Waals surface area contributed by atoms with Crippen molar-refractivity contribution in [3.8, 4) is 0 Å². The van der Waals surface area contributed by atoms with Crippen molar-refractivity contribution in [1.82, 2.24) is 4.57 Å². The van der Waals surface area contributed by atoms with Gasteiger partial charge in [0.15, 0.2) is 6.61 Å². The molecule has 80 valence electrons. The minimum atomic E-state index is -4.49. The molecule has 0 aliphatic heterocycles. The Morgan fingerprint density at radius 1 is 1.50 bits per heavy atom. The number of imidazole rings is 1. The van der Waals surface area contributed by atoms with Crippen LogP contribution in [-0.2, 0) is 4.74 Å². The van der Waals surface area contributed by atoms with Crippen LogP contribution in [0.3, 0.4) is 0 Å². The predicted octanol–water partition coefficient (Wildman–Crippen LogP) is -2.15. The molecular weight excluding hydrogens is 316 g/mol. The highest BCUT2D eigenvalue weighted by molar-refractivity contribution is 5.69. The molecule has 0 saturated heterocycles. The first kappa shape index (κ1) is 13.2. The third kappa shape index (κ3) is 4.44. The summed E-state index contributed by atoms with van der Waals surface area (Å²) in [5.41, 5.74) is 0. The first-order chi connectivity index (χ1) is 5.99. The lowest BCUT2D eigenvalue weighted by molar-refractivity contribution is -0.376. The van der Waals surface area contributed by atoms with Crippen LogP contribution in [0.5, 0.6) is 0 Å². The quantitative estimate of drug-likeness (QED) is 0.554. The zero-order valence-corrected chi connectivity index (χ0v) is 8.87. The van der Waals surface area contributed by atoms with E-state index in [4.69, 9.17) is 0 Å². The topological polar surface area (TPSA) is 45.4 Å². The van der Waals surface area contributed by atoms with E-state index in [1.807, 2.05) is 0 Å². The van der Waals surface area contributed by atoms with Gasteiger partial charge in [0, 0.05) is 0 Å². The summed E-state index contributed by atoms with van der Waals surface area (Å²) >= 11 is 0. The molecule has 1 aromatic heterocycles. The van der Waals surface area contributed by atoms with Crippen LogP contribution < -0.4 is 29.0 Å². The Labute approximate surface area is 94.1 Å². The van der Waals surface area contributed by atoms with Crippen LogP contribution in [0, 0.1) is 0 Å². The third-order valence-electron chi connectivity index (χ3n) is 1.12. The lowest BCUT2D eigenvalue weighted by Gasteiger charge is -2.04. The first-order valence-corrected chi connectivity index (χ1v) is 3.27. The van der Waals surface area contributed by atoms with Crippen LogP contribution in [0.2, 0.25) is 0 Å². The number of alkyl halides is 3. The molecule has 0 fully saturated rings. The van der Waals surface area contributed by atoms with Crippen LogP contribution >= 0.6 is 0 Å². The lowest BCUT2D eigenvalue weighted by Crippen LogP contribution is -3.00. The van der Waals surface area contributed by atoms with E-state index in [1.165, 1.54) is 18.7 Å². The molecule has 14 heavy (non-hydrogen) atoms. The maximum absolute atomic E-state index is 11.6. The molecule has 4 nitrogen and oxygen atoms in total. The zero-order valence-electron chi connectivity index (χ0n) is 6.71. The minimum Gasteiger partial charge on any atom is -1.00 e. The van der Waals surface area contributed by atoms with Gasteiger partial charge in [0.1, 0.15) is 12.4 Å². The van der Waals surface area contributed by atoms with Crippen molar-refractivity contribution in [2.24, 2.45) is 0 Å². The highest BCUT2D eigenvalue weighted by Crippen LogP contribution is 2.14. The Balaban J connectivity index is 0.00000169. The van der Waals surface area contributed by atoms with Gasteiger partial charge in [-0.1, -0.05) is 0 Å². The van der Waals surface area contributed by atoms with Gasteiger partial charge in [-0.05, 0) is 0 Å². The van der Waals surface area contributed by atoms with Gasteiger partial charge >= 0.3 is 12.3 Å². The number of aromatic nitrogens is 2. The number of nitrogens with zero attached hydrogens (tertiary/aromatic N) is 1. The average Bonchev–Trinajstić information content (AvgIpc) is 2.50. The Bertz CT molecular complexity index is 286. The van der Waals surface area contributed by atoms with Crippen molar-refractivity contribution < 1.29 is 51.7 Å². The summed E-state index contributed by atoms with van der Waals surface area (Å²) in [7, 11) is 0. The summed E-state index contributed by atoms with van der Waals surface area (Å²) in [5.74, 6) is 0. The van der Waals surface area contributed by atoms with Gasteiger partial charge in [-0.2, -0.15) is 18.0 Å². The number of hydrogen-bond donors (Lipinski definition) is 0. The number of halogens is 4. The van der Waals surface area contributed by atoms with Crippen molar-refractivity contribution >= 4 is 6.09 Å². The number of carbonyl (C=O) groups excluding carboxylic acids is 1. The molecule has 8 heteroatoms. The van der Waals surface area contributed by atoms with Crippen molar-refractivity contribution in [2.45, 2.75) is 6.18 Å². The SMILES string of the molecule is O=C(OCC(F)(F)F)n1cc[nH+]c1.[I-]. The molecule has 1 aromatic rings. The highest BCUT2D eigenvalue weighted by atomic mass is 127. The molecule has 0 saturated carbocycles. The van der Waals surface area contributed by atoms with E-state index >= 15 is 0 Å². The zero-order chi connectivity index (χ0) is 9.90. The van der Waals surface area contributed by atoms with E-state index in [0.717, 1.165) is 4.57 Å². The highest BCUT2D eigenvalue weighted by Gasteiger charge is 2.30. The van der Waals surface area contributed by atoms with Crippen molar-refractivity contribution in [3.63, 3.8) is 0 Å². The third-order valence-corrected chi connectivity index (χ3v) is 1.12. The van der Waals surface area contributed by atoms with Gasteiger partial charge < -0.3 is 28.7 Å². The summed E-state index contributed by atoms with van der Waals surface area (Å²) in [5, 5.41) is 0. The molecule has 0 aliphatic rings. The lowest BCUT2D eigenvalue weighted by atomic mass is 10.7. The number of hydrogen-bond acceptors (Lipinski definition) is 2. The monoisotopic (exact) mass is 322 g/mol. The molecule has 0 spiro atoms. The standard InChI is InChI=1S/C6H5F3N2O2.HI/c7-6(8,9)3-13-5(12)11-2-1-10-4-11;/h1-2,4H,3H2;1H. The van der Waals surface area contributed by atoms with Gasteiger partial charge in [-0.25, -0.2) is 4.98 Å². The Hall–Kier alpha value is -0.800. The van der Waals surface area contributed by atoms with E-state index in [1.54, 1.807) is 0 Å². The number of nitrogens with one attached hydrogen (secondary N) is 1. The summed E-state index contributed by atoms with van der Waals surface area (Å²) < 4.78 is 39.5. The molecule has 1 N–H and O–H groups in total. The predicted molar refractivity (Wildman–Crippen MR) is 33.8 cm³/mol. The molecule has 0 unspecified atom stereocenters. The fourth-order valence-corrected chi connectivity index (χ4v) is 0.621. The summed E-state index contributed by atoms with van der Waals surface area (Å²) in [6, 6.07) is 0. The molecular formula is C6H6F3IN2O2. The summed E-state index contributed by atoms with van der Waals surface area (Å²) in [4.78, 5) is 13.3. The number of aromatic amines is 1. The minimum absolute atomic E-state index is 0. The Kier molecular flexibility index (Phi) is 4.88. The van der Waals surface area contributed by atoms with Crippen LogP contribution in [-0.4, -0.2) is 23.4 Å². The van der Waals surface area contributed by atoms with Crippen LogP contribution in [0.25, 0.3) is 0 Å². The van der Waals surface area contributed by atoms with Gasteiger partial charge in [-0.3, -0.25) is 0 Å². The first-order valence-electron chi connectivity index (χ1n) is 3.27. The van der Waals surface area contributed by atoms with E-state index in [2.05, 4.69) is 9.72 Å². The van der Waals surface area contributed by atoms with Crippen LogP contribution in [0.15, 0.2) is 18.7 Å². The maximum atomic E-state index is 11.6. The fourth-order valence-electron chi connectivity index (χ4n) is 0.621. The van der Waals surface area contributed by atoms with E-state index in [0.29, 0.717) is 0 Å². The number of H-pyrrole nitrogens is 1. The second-order valence-corrected chi connectivity index (χ2v) is 2.19. The second kappa shape index (κ2) is 5.17. The van der Waals surface area contributed by atoms with E-state index in [9.17, 15) is 18.0 Å². The van der Waals surface area contributed by atoms with Crippen LogP contribution in [0.1, 0.15) is 0 Å².